The quantitative estimate of drug-likeness (QED) is 0.0836. The molecule has 0 aliphatic heterocycles. The maximum absolute atomic E-state index is 13.1. The highest BCUT2D eigenvalue weighted by Gasteiger charge is 2.23. The van der Waals surface area contributed by atoms with Crippen LogP contribution in [0.3, 0.4) is 0 Å². The second-order valence-electron chi connectivity index (χ2n) is 22.4. The number of fused-ring (bicyclic) bond motifs is 2. The lowest BCUT2D eigenvalue weighted by atomic mass is 9.98. The summed E-state index contributed by atoms with van der Waals surface area (Å²) in [5, 5.41) is 23.2. The van der Waals surface area contributed by atoms with Gasteiger partial charge in [0.15, 0.2) is 0 Å². The lowest BCUT2D eigenvalue weighted by molar-refractivity contribution is 0.00578. The van der Waals surface area contributed by atoms with Crippen LogP contribution in [-0.2, 0) is 22.6 Å². The first-order chi connectivity index (χ1) is 40.6. The largest absolute Gasteiger partial charge is 0.478 e. The molecule has 0 saturated carbocycles. The molecule has 1 amide bonds. The van der Waals surface area contributed by atoms with E-state index >= 15 is 0 Å². The lowest BCUT2D eigenvalue weighted by Gasteiger charge is -2.20. The summed E-state index contributed by atoms with van der Waals surface area (Å²) in [6.07, 6.45) is 1.80. The molecule has 10 rings (SSSR count). The third-order valence-electron chi connectivity index (χ3n) is 13.8. The number of rotatable bonds is 15. The fourth-order valence-electron chi connectivity index (χ4n) is 9.50. The number of nitrogens with one attached hydrogen (secondary N) is 1. The zero-order chi connectivity index (χ0) is 61.0. The maximum Gasteiger partial charge on any atom is 0.339 e. The Morgan fingerprint density at radius 3 is 1.34 bits per heavy atom. The number of carboxylic acid groups (broad SMARTS) is 1. The summed E-state index contributed by atoms with van der Waals surface area (Å²) < 4.78 is 16.2. The molecule has 10 aromatic rings. The molecule has 0 bridgehead atoms. The number of hydrogen-bond donors (Lipinski definition) is 3. The van der Waals surface area contributed by atoms with E-state index in [0.717, 1.165) is 73.6 Å². The van der Waals surface area contributed by atoms with Crippen molar-refractivity contribution in [3.05, 3.63) is 248 Å². The Bertz CT molecular complexity index is 3940. The molecule has 0 fully saturated rings. The van der Waals surface area contributed by atoms with Crippen molar-refractivity contribution in [1.82, 2.24) is 24.9 Å². The fraction of sp³-hybridized carbons (Fsp3) is 0.229. The summed E-state index contributed by atoms with van der Waals surface area (Å²) in [5.74, 6) is -1.78. The SMILES string of the molecule is CC(C)(C)OC(=O)c1ccccc1-c1ccc(Cn2nc(Br)c3cc(C(=O)O)ccc32)cc1.CCC(N)c1ccccc1.CCC(NC(=O)c1ccc2c(c1)c(Br)nn2Cc1ccc(-c2ccccc2C(=O)OC(C)(C)C)cc1)c1ccccc1. The first-order valence-electron chi connectivity index (χ1n) is 28.1. The van der Waals surface area contributed by atoms with Gasteiger partial charge in [0.05, 0.1) is 46.9 Å². The Hall–Kier alpha value is -8.50. The number of carbonyl (C=O) groups is 4. The monoisotopic (exact) mass is 1260 g/mol. The molecule has 13 nitrogen and oxygen atoms in total. The summed E-state index contributed by atoms with van der Waals surface area (Å²) in [7, 11) is 0. The standard InChI is InChI=1S/C35H34BrN3O3.C26H23BrN2O4.C9H13N/c1-5-30(25-11-7-6-8-12-25)37-33(40)26-19-20-31-29(21-26)32(36)38-39(31)22-23-15-17-24(18-16-23)27-13-9-10-14-28(27)34(41)42-35(2,3)4;1-26(2,3)33-25(32)20-7-5-4-6-19(20)17-10-8-16(9-11-17)15-29-22-13-12-18(24(30)31)14-21(22)23(27)28-29;1-2-9(10)8-6-4-3-5-7-8/h6-21,30H,5,22H2,1-4H3,(H,37,40);4-14H,15H2,1-3H3,(H,30,31);3-7,9H,2,10H2,1H3. The second-order valence-corrected chi connectivity index (χ2v) is 23.9. The van der Waals surface area contributed by atoms with Gasteiger partial charge in [-0.25, -0.2) is 14.4 Å². The van der Waals surface area contributed by atoms with Gasteiger partial charge >= 0.3 is 17.9 Å². The number of aromatic nitrogens is 4. The molecule has 0 aliphatic carbocycles. The number of carboxylic acids is 1. The van der Waals surface area contributed by atoms with Gasteiger partial charge in [0.2, 0.25) is 0 Å². The molecular weight excluding hydrogens is 1200 g/mol. The lowest BCUT2D eigenvalue weighted by Crippen LogP contribution is -2.28. The Labute approximate surface area is 513 Å². The maximum atomic E-state index is 13.1. The van der Waals surface area contributed by atoms with Gasteiger partial charge in [-0.1, -0.05) is 159 Å². The number of amides is 1. The Morgan fingerprint density at radius 1 is 0.529 bits per heavy atom. The minimum Gasteiger partial charge on any atom is -0.478 e. The van der Waals surface area contributed by atoms with Crippen LogP contribution in [-0.4, -0.2) is 59.7 Å². The summed E-state index contributed by atoms with van der Waals surface area (Å²) in [6, 6.07) is 61.9. The van der Waals surface area contributed by atoms with E-state index in [-0.39, 0.29) is 35.5 Å². The van der Waals surface area contributed by atoms with Crippen LogP contribution in [0, 0.1) is 0 Å². The van der Waals surface area contributed by atoms with E-state index in [1.165, 1.54) is 5.56 Å². The Morgan fingerprint density at radius 2 is 0.929 bits per heavy atom. The van der Waals surface area contributed by atoms with Crippen LogP contribution >= 0.6 is 31.9 Å². The zero-order valence-corrected chi connectivity index (χ0v) is 52.1. The summed E-state index contributed by atoms with van der Waals surface area (Å²) in [6.45, 7) is 16.4. The van der Waals surface area contributed by atoms with Crippen molar-refractivity contribution in [3.63, 3.8) is 0 Å². The second kappa shape index (κ2) is 27.9. The molecule has 85 heavy (non-hydrogen) atoms. The van der Waals surface area contributed by atoms with Gasteiger partial charge in [-0.15, -0.1) is 0 Å². The first-order valence-corrected chi connectivity index (χ1v) is 29.7. The highest BCUT2D eigenvalue weighted by Crippen LogP contribution is 2.31. The van der Waals surface area contributed by atoms with Crippen molar-refractivity contribution in [2.75, 3.05) is 0 Å². The first kappa shape index (κ1) is 62.5. The number of benzene rings is 8. The number of esters is 2. The normalized spacial score (nSPS) is 12.0. The van der Waals surface area contributed by atoms with Crippen LogP contribution in [0.1, 0.15) is 144 Å². The fourth-order valence-corrected chi connectivity index (χ4v) is 10.5. The predicted octanol–water partition coefficient (Wildman–Crippen LogP) is 16.6. The highest BCUT2D eigenvalue weighted by atomic mass is 79.9. The number of hydrogen-bond acceptors (Lipinski definition) is 9. The van der Waals surface area contributed by atoms with E-state index in [1.54, 1.807) is 30.3 Å². The zero-order valence-electron chi connectivity index (χ0n) is 49.0. The molecular formula is C70H70Br2N6O7. The molecule has 0 spiro atoms. The van der Waals surface area contributed by atoms with Gasteiger partial charge < -0.3 is 25.6 Å². The number of ether oxygens (including phenoxy) is 2. The van der Waals surface area contributed by atoms with Gasteiger partial charge in [-0.3, -0.25) is 14.2 Å². The molecule has 2 aromatic heterocycles. The van der Waals surface area contributed by atoms with Crippen LogP contribution in [0.5, 0.6) is 0 Å². The third-order valence-corrected chi connectivity index (χ3v) is 15.0. The molecule has 0 radical (unpaired) electrons. The predicted molar refractivity (Wildman–Crippen MR) is 345 cm³/mol. The van der Waals surface area contributed by atoms with Gasteiger partial charge in [-0.05, 0) is 179 Å². The number of aromatic carboxylic acids is 1. The molecule has 4 N–H and O–H groups in total. The van der Waals surface area contributed by atoms with E-state index in [9.17, 15) is 24.3 Å². The molecule has 15 heteroatoms. The number of halogens is 2. The van der Waals surface area contributed by atoms with Crippen LogP contribution < -0.4 is 11.1 Å². The van der Waals surface area contributed by atoms with E-state index in [2.05, 4.69) is 68.3 Å². The molecule has 0 aliphatic rings. The topological polar surface area (TPSA) is 181 Å². The van der Waals surface area contributed by atoms with Gasteiger partial charge in [0.25, 0.3) is 5.91 Å². The Balaban J connectivity index is 0.000000194. The number of carbonyl (C=O) groups excluding carboxylic acids is 3. The molecule has 0 saturated heterocycles. The molecule has 436 valence electrons. The highest BCUT2D eigenvalue weighted by molar-refractivity contribution is 9.10. The summed E-state index contributed by atoms with van der Waals surface area (Å²) in [5.41, 5.74) is 16.2. The van der Waals surface area contributed by atoms with Gasteiger partial charge in [-0.2, -0.15) is 10.2 Å². The average molecular weight is 1270 g/mol. The van der Waals surface area contributed by atoms with Crippen molar-refractivity contribution in [1.29, 1.82) is 0 Å². The van der Waals surface area contributed by atoms with Gasteiger partial charge in [0.1, 0.15) is 20.4 Å². The average Bonchev–Trinajstić information content (AvgIpc) is 2.50. The Kier molecular flexibility index (Phi) is 20.5. The van der Waals surface area contributed by atoms with E-state index in [4.69, 9.17) is 20.3 Å². The van der Waals surface area contributed by atoms with Crippen molar-refractivity contribution in [2.24, 2.45) is 5.73 Å². The minimum atomic E-state index is -0.973. The van der Waals surface area contributed by atoms with E-state index < -0.39 is 17.2 Å². The van der Waals surface area contributed by atoms with Crippen LogP contribution in [0.15, 0.2) is 203 Å². The number of nitrogens with two attached hydrogens (primary N) is 1. The smallest absolute Gasteiger partial charge is 0.339 e. The summed E-state index contributed by atoms with van der Waals surface area (Å²) in [4.78, 5) is 49.9. The van der Waals surface area contributed by atoms with Gasteiger partial charge in [0, 0.05) is 22.4 Å². The van der Waals surface area contributed by atoms with Crippen LogP contribution in [0.2, 0.25) is 0 Å². The minimum absolute atomic E-state index is 0.0559. The van der Waals surface area contributed by atoms with Crippen LogP contribution in [0.4, 0.5) is 0 Å². The third kappa shape index (κ3) is 16.4. The van der Waals surface area contributed by atoms with Crippen molar-refractivity contribution in [3.8, 4) is 22.3 Å². The van der Waals surface area contributed by atoms with E-state index in [0.29, 0.717) is 39.0 Å². The van der Waals surface area contributed by atoms with E-state index in [1.807, 2.05) is 203 Å². The van der Waals surface area contributed by atoms with Crippen molar-refractivity contribution < 1.29 is 33.8 Å². The number of nitrogens with zero attached hydrogens (tertiary/aromatic N) is 4. The molecule has 2 unspecified atom stereocenters. The van der Waals surface area contributed by atoms with Crippen molar-refractivity contribution in [2.45, 2.75) is 105 Å². The van der Waals surface area contributed by atoms with Crippen molar-refractivity contribution >= 4 is 77.5 Å². The molecule has 2 atom stereocenters. The summed E-state index contributed by atoms with van der Waals surface area (Å²) >= 11 is 7.02. The molecule has 2 heterocycles. The molecule has 8 aromatic carbocycles. The van der Waals surface area contributed by atoms with Crippen LogP contribution in [0.25, 0.3) is 44.1 Å².